The van der Waals surface area contributed by atoms with E-state index in [0.29, 0.717) is 5.39 Å². The predicted octanol–water partition coefficient (Wildman–Crippen LogP) is 1.71. The lowest BCUT2D eigenvalue weighted by atomic mass is 10.2. The summed E-state index contributed by atoms with van der Waals surface area (Å²) in [6.07, 6.45) is 0. The first-order valence-electron chi connectivity index (χ1n) is 3.70. The second kappa shape index (κ2) is 2.74. The van der Waals surface area contributed by atoms with E-state index in [-0.39, 0.29) is 10.6 Å². The molecule has 0 unspecified atom stereocenters. The summed E-state index contributed by atoms with van der Waals surface area (Å²) >= 11 is 1.21. The molecule has 1 aromatic carbocycles. The molecule has 1 aromatic heterocycles. The van der Waals surface area contributed by atoms with E-state index in [4.69, 9.17) is 5.73 Å². The minimum Gasteiger partial charge on any atom is -0.506 e. The van der Waals surface area contributed by atoms with Crippen molar-refractivity contribution in [3.8, 4) is 5.75 Å². The van der Waals surface area contributed by atoms with Crippen molar-refractivity contribution >= 4 is 27.3 Å². The van der Waals surface area contributed by atoms with Gasteiger partial charge in [0.05, 0.1) is 0 Å². The monoisotopic (exact) mass is 193 g/mol. The van der Waals surface area contributed by atoms with Gasteiger partial charge < -0.3 is 10.8 Å². The molecule has 3 nitrogen and oxygen atoms in total. The van der Waals surface area contributed by atoms with Crippen LogP contribution in [-0.2, 0) is 0 Å². The third-order valence-electron chi connectivity index (χ3n) is 1.79. The Hall–Kier alpha value is -1.55. The molecule has 1 amide bonds. The zero-order valence-corrected chi connectivity index (χ0v) is 7.47. The van der Waals surface area contributed by atoms with Gasteiger partial charge >= 0.3 is 0 Å². The average molecular weight is 193 g/mol. The Kier molecular flexibility index (Phi) is 1.70. The van der Waals surface area contributed by atoms with E-state index in [2.05, 4.69) is 0 Å². The van der Waals surface area contributed by atoms with Crippen LogP contribution in [0.2, 0.25) is 0 Å². The van der Waals surface area contributed by atoms with Gasteiger partial charge in [-0.15, -0.1) is 11.3 Å². The van der Waals surface area contributed by atoms with Crippen LogP contribution in [-0.4, -0.2) is 11.0 Å². The van der Waals surface area contributed by atoms with Crippen LogP contribution in [0.5, 0.6) is 5.75 Å². The maximum atomic E-state index is 10.9. The van der Waals surface area contributed by atoms with Gasteiger partial charge in [0.15, 0.2) is 0 Å². The molecule has 66 valence electrons. The van der Waals surface area contributed by atoms with E-state index in [1.165, 1.54) is 11.3 Å². The Balaban J connectivity index is 2.81. The SMILES string of the molecule is NC(=O)c1sc2ccccc2c1O. The zero-order valence-electron chi connectivity index (χ0n) is 6.65. The molecule has 0 atom stereocenters. The van der Waals surface area contributed by atoms with Crippen molar-refractivity contribution in [2.45, 2.75) is 0 Å². The summed E-state index contributed by atoms with van der Waals surface area (Å²) < 4.78 is 0.869. The first kappa shape index (κ1) is 8.07. The lowest BCUT2D eigenvalue weighted by Crippen LogP contribution is -2.08. The molecule has 0 aliphatic rings. The molecule has 0 radical (unpaired) electrons. The molecule has 0 fully saturated rings. The molecule has 0 saturated heterocycles. The van der Waals surface area contributed by atoms with Crippen molar-refractivity contribution in [2.75, 3.05) is 0 Å². The number of benzene rings is 1. The fraction of sp³-hybridized carbons (Fsp3) is 0. The van der Waals surface area contributed by atoms with Crippen molar-refractivity contribution < 1.29 is 9.90 Å². The lowest BCUT2D eigenvalue weighted by Gasteiger charge is -1.89. The molecule has 0 bridgehead atoms. The van der Waals surface area contributed by atoms with Crippen LogP contribution >= 0.6 is 11.3 Å². The average Bonchev–Trinajstić information content (AvgIpc) is 2.45. The minimum absolute atomic E-state index is 0.00639. The summed E-state index contributed by atoms with van der Waals surface area (Å²) in [6.45, 7) is 0. The number of carbonyl (C=O) groups is 1. The Bertz CT molecular complexity index is 475. The van der Waals surface area contributed by atoms with Crippen LogP contribution < -0.4 is 5.73 Å². The topological polar surface area (TPSA) is 63.3 Å². The van der Waals surface area contributed by atoms with Gasteiger partial charge in [-0.05, 0) is 12.1 Å². The molecule has 4 heteroatoms. The van der Waals surface area contributed by atoms with Crippen molar-refractivity contribution in [3.05, 3.63) is 29.1 Å². The van der Waals surface area contributed by atoms with Crippen molar-refractivity contribution in [1.29, 1.82) is 0 Å². The molecule has 3 N–H and O–H groups in total. The van der Waals surface area contributed by atoms with Crippen LogP contribution in [0.25, 0.3) is 10.1 Å². The number of primary amides is 1. The first-order valence-corrected chi connectivity index (χ1v) is 4.52. The highest BCUT2D eigenvalue weighted by atomic mass is 32.1. The van der Waals surface area contributed by atoms with E-state index in [9.17, 15) is 9.90 Å². The second-order valence-electron chi connectivity index (χ2n) is 2.64. The van der Waals surface area contributed by atoms with Crippen LogP contribution in [0.15, 0.2) is 24.3 Å². The van der Waals surface area contributed by atoms with Crippen LogP contribution in [0.4, 0.5) is 0 Å². The number of thiophene rings is 1. The lowest BCUT2D eigenvalue weighted by molar-refractivity contribution is 0.100. The quantitative estimate of drug-likeness (QED) is 0.724. The summed E-state index contributed by atoms with van der Waals surface area (Å²) in [5, 5.41) is 10.3. The fourth-order valence-electron chi connectivity index (χ4n) is 1.20. The molecule has 0 aliphatic heterocycles. The molecule has 0 aliphatic carbocycles. The molecule has 1 heterocycles. The Morgan fingerprint density at radius 3 is 2.69 bits per heavy atom. The number of fused-ring (bicyclic) bond motifs is 1. The van der Waals surface area contributed by atoms with E-state index < -0.39 is 5.91 Å². The molecule has 13 heavy (non-hydrogen) atoms. The van der Waals surface area contributed by atoms with Gasteiger partial charge in [-0.2, -0.15) is 0 Å². The number of amides is 1. The number of hydrogen-bond acceptors (Lipinski definition) is 3. The molecular weight excluding hydrogens is 186 g/mol. The fourth-order valence-corrected chi connectivity index (χ4v) is 2.15. The summed E-state index contributed by atoms with van der Waals surface area (Å²) in [5.41, 5.74) is 5.09. The molecule has 0 saturated carbocycles. The highest BCUT2D eigenvalue weighted by molar-refractivity contribution is 7.21. The van der Waals surface area contributed by atoms with Gasteiger partial charge in [0.1, 0.15) is 10.6 Å². The van der Waals surface area contributed by atoms with E-state index in [1.807, 2.05) is 12.1 Å². The Morgan fingerprint density at radius 1 is 1.38 bits per heavy atom. The van der Waals surface area contributed by atoms with E-state index in [0.717, 1.165) is 4.70 Å². The maximum absolute atomic E-state index is 10.9. The largest absolute Gasteiger partial charge is 0.506 e. The van der Waals surface area contributed by atoms with Gasteiger partial charge in [0.2, 0.25) is 0 Å². The van der Waals surface area contributed by atoms with Gasteiger partial charge in [0.25, 0.3) is 5.91 Å². The number of rotatable bonds is 1. The third-order valence-corrected chi connectivity index (χ3v) is 2.97. The Labute approximate surface area is 78.4 Å². The number of aromatic hydroxyl groups is 1. The van der Waals surface area contributed by atoms with Gasteiger partial charge in [-0.3, -0.25) is 4.79 Å². The smallest absolute Gasteiger partial charge is 0.262 e. The summed E-state index contributed by atoms with van der Waals surface area (Å²) in [5.74, 6) is -0.591. The van der Waals surface area contributed by atoms with Gasteiger partial charge in [-0.1, -0.05) is 12.1 Å². The maximum Gasteiger partial charge on any atom is 0.262 e. The summed E-state index contributed by atoms with van der Waals surface area (Å²) in [4.78, 5) is 11.1. The molecule has 2 aromatic rings. The van der Waals surface area contributed by atoms with Gasteiger partial charge in [0, 0.05) is 10.1 Å². The van der Waals surface area contributed by atoms with Crippen LogP contribution in [0.1, 0.15) is 9.67 Å². The second-order valence-corrected chi connectivity index (χ2v) is 3.69. The van der Waals surface area contributed by atoms with Crippen LogP contribution in [0, 0.1) is 0 Å². The number of carbonyl (C=O) groups excluding carboxylic acids is 1. The van der Waals surface area contributed by atoms with Crippen molar-refractivity contribution in [3.63, 3.8) is 0 Å². The van der Waals surface area contributed by atoms with Crippen molar-refractivity contribution in [2.24, 2.45) is 5.73 Å². The van der Waals surface area contributed by atoms with Gasteiger partial charge in [-0.25, -0.2) is 0 Å². The molecule has 2 rings (SSSR count). The predicted molar refractivity (Wildman–Crippen MR) is 52.0 cm³/mol. The van der Waals surface area contributed by atoms with Crippen molar-refractivity contribution in [1.82, 2.24) is 0 Å². The normalized spacial score (nSPS) is 10.5. The minimum atomic E-state index is -0.585. The van der Waals surface area contributed by atoms with E-state index in [1.54, 1.807) is 12.1 Å². The number of nitrogens with two attached hydrogens (primary N) is 1. The highest BCUT2D eigenvalue weighted by Crippen LogP contribution is 2.35. The zero-order chi connectivity index (χ0) is 9.42. The molecule has 0 spiro atoms. The Morgan fingerprint density at radius 2 is 2.08 bits per heavy atom. The molecular formula is C9H7NO2S. The van der Waals surface area contributed by atoms with E-state index >= 15 is 0 Å². The highest BCUT2D eigenvalue weighted by Gasteiger charge is 2.14. The summed E-state index contributed by atoms with van der Waals surface area (Å²) in [7, 11) is 0. The van der Waals surface area contributed by atoms with Crippen LogP contribution in [0.3, 0.4) is 0 Å². The number of hydrogen-bond donors (Lipinski definition) is 2. The summed E-state index contributed by atoms with van der Waals surface area (Å²) in [6, 6.07) is 7.25. The first-order chi connectivity index (χ1) is 6.20. The standard InChI is InChI=1S/C9H7NO2S/c10-9(12)8-7(11)5-3-1-2-4-6(5)13-8/h1-4,11H,(H2,10,12). The third kappa shape index (κ3) is 1.15.